The number of fused-ring (bicyclic) bond motifs is 2. The van der Waals surface area contributed by atoms with Gasteiger partial charge in [0.05, 0.1) is 6.04 Å². The van der Waals surface area contributed by atoms with E-state index in [1.165, 1.54) is 17.6 Å². The maximum absolute atomic E-state index is 11.7. The van der Waals surface area contributed by atoms with Crippen LogP contribution < -0.4 is 0 Å². The highest BCUT2D eigenvalue weighted by Crippen LogP contribution is 2.36. The summed E-state index contributed by atoms with van der Waals surface area (Å²) < 4.78 is 0. The van der Waals surface area contributed by atoms with Crippen molar-refractivity contribution in [3.63, 3.8) is 0 Å². The van der Waals surface area contributed by atoms with Crippen molar-refractivity contribution in [3.05, 3.63) is 36.2 Å². The summed E-state index contributed by atoms with van der Waals surface area (Å²) in [6.45, 7) is 1.69. The molecule has 0 N–H and O–H groups in total. The summed E-state index contributed by atoms with van der Waals surface area (Å²) in [6, 6.07) is 4.77. The van der Waals surface area contributed by atoms with E-state index >= 15 is 0 Å². The smallest absolute Gasteiger partial charge is 0.220 e. The van der Waals surface area contributed by atoms with E-state index in [1.54, 1.807) is 13.1 Å². The second-order valence-corrected chi connectivity index (χ2v) is 5.22. The molecule has 0 saturated carbocycles. The Hall–Kier alpha value is -1.64. The highest BCUT2D eigenvalue weighted by atomic mass is 16.2. The van der Waals surface area contributed by atoms with Crippen molar-refractivity contribution in [2.24, 2.45) is 0 Å². The molecule has 18 heavy (non-hydrogen) atoms. The zero-order valence-electron chi connectivity index (χ0n) is 10.7. The minimum absolute atomic E-state index is 0.214. The van der Waals surface area contributed by atoms with Gasteiger partial charge in [-0.15, -0.1) is 0 Å². The van der Waals surface area contributed by atoms with Crippen LogP contribution in [0.15, 0.2) is 30.6 Å². The van der Waals surface area contributed by atoms with E-state index in [9.17, 15) is 4.79 Å². The lowest BCUT2D eigenvalue weighted by Crippen LogP contribution is -2.50. The van der Waals surface area contributed by atoms with Crippen molar-refractivity contribution >= 4 is 11.5 Å². The first kappa shape index (κ1) is 11.5. The highest BCUT2D eigenvalue weighted by Gasteiger charge is 2.35. The third-order valence-electron chi connectivity index (χ3n) is 4.03. The molecule has 94 valence electrons. The van der Waals surface area contributed by atoms with Gasteiger partial charge in [0.25, 0.3) is 0 Å². The molecule has 2 aliphatic rings. The fourth-order valence-corrected chi connectivity index (χ4v) is 3.29. The van der Waals surface area contributed by atoms with E-state index in [0.29, 0.717) is 12.1 Å². The average molecular weight is 242 g/mol. The highest BCUT2D eigenvalue weighted by molar-refractivity contribution is 5.77. The standard InChI is InChI=1S/C15H18N2O/c1-11(18)17-14-5-2-6-15(17)9-13(8-14)12-4-3-7-16-10-12/h3-4,7-8,10,14-15H,2,5-6,9H2,1H3. The predicted molar refractivity (Wildman–Crippen MR) is 70.8 cm³/mol. The number of hydrogen-bond acceptors (Lipinski definition) is 2. The number of hydrogen-bond donors (Lipinski definition) is 0. The van der Waals surface area contributed by atoms with Crippen molar-refractivity contribution < 1.29 is 4.79 Å². The molecule has 0 aromatic carbocycles. The summed E-state index contributed by atoms with van der Waals surface area (Å²) in [5.41, 5.74) is 2.56. The summed E-state index contributed by atoms with van der Waals surface area (Å²) in [6.07, 6.45) is 10.4. The van der Waals surface area contributed by atoms with Gasteiger partial charge in [-0.2, -0.15) is 0 Å². The topological polar surface area (TPSA) is 33.2 Å². The maximum atomic E-state index is 11.7. The van der Waals surface area contributed by atoms with Gasteiger partial charge in [0.15, 0.2) is 0 Å². The summed E-state index contributed by atoms with van der Waals surface area (Å²) in [4.78, 5) is 18.0. The Morgan fingerprint density at radius 1 is 1.44 bits per heavy atom. The Kier molecular flexibility index (Phi) is 2.90. The Morgan fingerprint density at radius 2 is 2.33 bits per heavy atom. The SMILES string of the molecule is CC(=O)N1C2C=C(c3cccnc3)CC1CCC2. The van der Waals surface area contributed by atoms with Crippen molar-refractivity contribution in [1.29, 1.82) is 0 Å². The van der Waals surface area contributed by atoms with Crippen LogP contribution in [0.3, 0.4) is 0 Å². The molecule has 3 rings (SSSR count). The van der Waals surface area contributed by atoms with Crippen molar-refractivity contribution in [1.82, 2.24) is 9.88 Å². The third kappa shape index (κ3) is 1.94. The number of piperidine rings is 1. The van der Waals surface area contributed by atoms with Crippen LogP contribution in [0.4, 0.5) is 0 Å². The molecule has 1 saturated heterocycles. The molecular weight excluding hydrogens is 224 g/mol. The molecule has 1 fully saturated rings. The summed E-state index contributed by atoms with van der Waals surface area (Å²) in [5, 5.41) is 0. The van der Waals surface area contributed by atoms with E-state index in [-0.39, 0.29) is 5.91 Å². The van der Waals surface area contributed by atoms with Gasteiger partial charge < -0.3 is 4.90 Å². The largest absolute Gasteiger partial charge is 0.333 e. The van der Waals surface area contributed by atoms with Crippen LogP contribution >= 0.6 is 0 Å². The molecule has 2 atom stereocenters. The van der Waals surface area contributed by atoms with Crippen LogP contribution in [0, 0.1) is 0 Å². The molecule has 3 heterocycles. The van der Waals surface area contributed by atoms with Crippen LogP contribution in [0.25, 0.3) is 5.57 Å². The lowest BCUT2D eigenvalue weighted by molar-refractivity contribution is -0.134. The molecule has 1 aromatic rings. The zero-order chi connectivity index (χ0) is 12.5. The molecular formula is C15H18N2O. The van der Waals surface area contributed by atoms with Gasteiger partial charge in [-0.1, -0.05) is 12.1 Å². The van der Waals surface area contributed by atoms with Gasteiger partial charge in [0, 0.05) is 25.4 Å². The van der Waals surface area contributed by atoms with Gasteiger partial charge in [-0.3, -0.25) is 9.78 Å². The molecule has 1 amide bonds. The molecule has 2 bridgehead atoms. The van der Waals surface area contributed by atoms with Gasteiger partial charge in [0.2, 0.25) is 5.91 Å². The second-order valence-electron chi connectivity index (χ2n) is 5.22. The van der Waals surface area contributed by atoms with Crippen molar-refractivity contribution in [2.45, 2.75) is 44.7 Å². The van der Waals surface area contributed by atoms with Gasteiger partial charge in [0.1, 0.15) is 0 Å². The van der Waals surface area contributed by atoms with E-state index in [0.717, 1.165) is 19.3 Å². The first-order valence-corrected chi connectivity index (χ1v) is 6.65. The molecule has 3 heteroatoms. The Bertz CT molecular complexity index is 481. The first-order valence-electron chi connectivity index (χ1n) is 6.65. The Labute approximate surface area is 108 Å². The Balaban J connectivity index is 1.94. The van der Waals surface area contributed by atoms with Crippen LogP contribution in [-0.2, 0) is 4.79 Å². The van der Waals surface area contributed by atoms with E-state index in [1.807, 2.05) is 12.3 Å². The first-order chi connectivity index (χ1) is 8.75. The summed E-state index contributed by atoms with van der Waals surface area (Å²) in [7, 11) is 0. The molecule has 1 aromatic heterocycles. The minimum Gasteiger partial charge on any atom is -0.333 e. The monoisotopic (exact) mass is 242 g/mol. The normalized spacial score (nSPS) is 26.7. The third-order valence-corrected chi connectivity index (χ3v) is 4.03. The average Bonchev–Trinajstić information content (AvgIpc) is 2.38. The molecule has 3 nitrogen and oxygen atoms in total. The number of nitrogens with zero attached hydrogens (tertiary/aromatic N) is 2. The van der Waals surface area contributed by atoms with Crippen LogP contribution in [-0.4, -0.2) is 27.9 Å². The summed E-state index contributed by atoms with van der Waals surface area (Å²) in [5.74, 6) is 0.214. The Morgan fingerprint density at radius 3 is 3.00 bits per heavy atom. The zero-order valence-corrected chi connectivity index (χ0v) is 10.7. The minimum atomic E-state index is 0.214. The molecule has 0 radical (unpaired) electrons. The van der Waals surface area contributed by atoms with Crippen LogP contribution in [0.1, 0.15) is 38.2 Å². The van der Waals surface area contributed by atoms with Crippen LogP contribution in [0.5, 0.6) is 0 Å². The van der Waals surface area contributed by atoms with E-state index in [4.69, 9.17) is 0 Å². The number of carbonyl (C=O) groups excluding carboxylic acids is 1. The van der Waals surface area contributed by atoms with Crippen molar-refractivity contribution in [3.8, 4) is 0 Å². The van der Waals surface area contributed by atoms with E-state index in [2.05, 4.69) is 22.0 Å². The summed E-state index contributed by atoms with van der Waals surface area (Å²) >= 11 is 0. The number of pyridine rings is 1. The molecule has 2 aliphatic heterocycles. The molecule has 0 spiro atoms. The molecule has 2 unspecified atom stereocenters. The second kappa shape index (κ2) is 4.56. The number of amides is 1. The fourth-order valence-electron chi connectivity index (χ4n) is 3.29. The van der Waals surface area contributed by atoms with Gasteiger partial charge >= 0.3 is 0 Å². The maximum Gasteiger partial charge on any atom is 0.220 e. The van der Waals surface area contributed by atoms with Crippen molar-refractivity contribution in [2.75, 3.05) is 0 Å². The number of carbonyl (C=O) groups is 1. The van der Waals surface area contributed by atoms with E-state index < -0.39 is 0 Å². The van der Waals surface area contributed by atoms with Gasteiger partial charge in [-0.25, -0.2) is 0 Å². The predicted octanol–water partition coefficient (Wildman–Crippen LogP) is 2.64. The molecule has 0 aliphatic carbocycles. The lowest BCUT2D eigenvalue weighted by atomic mass is 9.83. The number of aromatic nitrogens is 1. The fraction of sp³-hybridized carbons (Fsp3) is 0.467. The number of rotatable bonds is 1. The van der Waals surface area contributed by atoms with Crippen LogP contribution in [0.2, 0.25) is 0 Å². The lowest BCUT2D eigenvalue weighted by Gasteiger charge is -2.44. The van der Waals surface area contributed by atoms with Gasteiger partial charge in [-0.05, 0) is 42.9 Å². The quantitative estimate of drug-likeness (QED) is 0.758.